The van der Waals surface area contributed by atoms with Crippen LogP contribution in [-0.2, 0) is 15.6 Å². The summed E-state index contributed by atoms with van der Waals surface area (Å²) in [6, 6.07) is 27.6. The lowest BCUT2D eigenvalue weighted by atomic mass is 9.63. The summed E-state index contributed by atoms with van der Waals surface area (Å²) in [5.41, 5.74) is 8.54. The van der Waals surface area contributed by atoms with E-state index < -0.39 is 0 Å². The van der Waals surface area contributed by atoms with Crippen molar-refractivity contribution in [2.24, 2.45) is 0 Å². The fourth-order valence-corrected chi connectivity index (χ4v) is 6.83. The van der Waals surface area contributed by atoms with Gasteiger partial charge in [0.1, 0.15) is 5.75 Å². The van der Waals surface area contributed by atoms with Crippen LogP contribution in [0.5, 0.6) is 5.75 Å². The molecule has 0 saturated heterocycles. The van der Waals surface area contributed by atoms with E-state index in [-0.39, 0.29) is 28.6 Å². The van der Waals surface area contributed by atoms with Crippen molar-refractivity contribution in [3.8, 4) is 28.0 Å². The van der Waals surface area contributed by atoms with Gasteiger partial charge in [-0.3, -0.25) is 14.5 Å². The molecule has 0 N–H and O–H groups in total. The average Bonchev–Trinajstić information content (AvgIpc) is 3.31. The van der Waals surface area contributed by atoms with Crippen molar-refractivity contribution >= 4 is 17.8 Å². The van der Waals surface area contributed by atoms with E-state index in [4.69, 9.17) is 9.47 Å². The lowest BCUT2D eigenvalue weighted by molar-refractivity contribution is 0.0525. The number of amides is 2. The number of esters is 1. The number of fused-ring (bicyclic) bond motifs is 2. The molecule has 0 spiro atoms. The van der Waals surface area contributed by atoms with Crippen LogP contribution in [0.1, 0.15) is 103 Å². The van der Waals surface area contributed by atoms with Gasteiger partial charge in [-0.2, -0.15) is 0 Å². The molecule has 242 valence electrons. The molecule has 1 aliphatic heterocycles. The van der Waals surface area contributed by atoms with Gasteiger partial charge in [0.05, 0.1) is 29.9 Å². The van der Waals surface area contributed by atoms with Crippen LogP contribution in [0.25, 0.3) is 22.3 Å². The molecule has 0 fully saturated rings. The molecule has 0 bridgehead atoms. The molecule has 2 amide bonds. The lowest BCUT2D eigenvalue weighted by Crippen LogP contribution is -2.33. The fourth-order valence-electron chi connectivity index (χ4n) is 6.83. The Kier molecular flexibility index (Phi) is 8.80. The molecule has 6 rings (SSSR count). The zero-order chi connectivity index (χ0) is 33.3. The van der Waals surface area contributed by atoms with Crippen molar-refractivity contribution in [3.63, 3.8) is 0 Å². The van der Waals surface area contributed by atoms with Crippen molar-refractivity contribution in [3.05, 3.63) is 113 Å². The van der Waals surface area contributed by atoms with Crippen LogP contribution in [0.4, 0.5) is 0 Å². The van der Waals surface area contributed by atoms with Crippen LogP contribution in [0.2, 0.25) is 0 Å². The second-order valence-electron chi connectivity index (χ2n) is 13.9. The molecule has 4 aromatic rings. The summed E-state index contributed by atoms with van der Waals surface area (Å²) in [6.45, 7) is 12.3. The Balaban J connectivity index is 1.24. The minimum Gasteiger partial charge on any atom is -0.493 e. The number of hydrogen-bond acceptors (Lipinski definition) is 5. The minimum absolute atomic E-state index is 0.0620. The monoisotopic (exact) mass is 629 g/mol. The Morgan fingerprint density at radius 2 is 1.32 bits per heavy atom. The number of imide groups is 1. The summed E-state index contributed by atoms with van der Waals surface area (Å²) >= 11 is 0. The minimum atomic E-state index is -0.328. The quantitative estimate of drug-likeness (QED) is 0.0995. The maximum atomic E-state index is 12.8. The van der Waals surface area contributed by atoms with Gasteiger partial charge in [0.2, 0.25) is 0 Å². The molecule has 0 saturated carbocycles. The average molecular weight is 630 g/mol. The molecular weight excluding hydrogens is 586 g/mol. The first kappa shape index (κ1) is 32.2. The topological polar surface area (TPSA) is 72.9 Å². The SMILES string of the molecule is CCOC(=O)c1ccc(-c2ccc(OCCCCN3C(=O)c4ccccc4C3=O)c(-c3ccc4c(c3)C(C)(C)CCC4(C)C)c2)cc1. The smallest absolute Gasteiger partial charge is 0.338 e. The summed E-state index contributed by atoms with van der Waals surface area (Å²) in [5, 5.41) is 0. The predicted molar refractivity (Wildman–Crippen MR) is 185 cm³/mol. The van der Waals surface area contributed by atoms with Crippen molar-refractivity contribution in [1.29, 1.82) is 0 Å². The van der Waals surface area contributed by atoms with E-state index in [9.17, 15) is 14.4 Å². The first-order valence-electron chi connectivity index (χ1n) is 16.7. The molecule has 47 heavy (non-hydrogen) atoms. The van der Waals surface area contributed by atoms with Gasteiger partial charge >= 0.3 is 5.97 Å². The Bertz CT molecular complexity index is 1800. The third-order valence-electron chi connectivity index (χ3n) is 9.78. The maximum Gasteiger partial charge on any atom is 0.338 e. The summed E-state index contributed by atoms with van der Waals surface area (Å²) in [5.74, 6) is 0.00734. The van der Waals surface area contributed by atoms with Crippen LogP contribution in [-0.4, -0.2) is 42.4 Å². The van der Waals surface area contributed by atoms with Crippen LogP contribution >= 0.6 is 0 Å². The van der Waals surface area contributed by atoms with E-state index in [1.165, 1.54) is 16.0 Å². The summed E-state index contributed by atoms with van der Waals surface area (Å²) in [6.07, 6.45) is 3.61. The summed E-state index contributed by atoms with van der Waals surface area (Å²) in [4.78, 5) is 39.1. The van der Waals surface area contributed by atoms with E-state index >= 15 is 0 Å². The third kappa shape index (κ3) is 6.34. The van der Waals surface area contributed by atoms with E-state index in [0.29, 0.717) is 49.3 Å². The van der Waals surface area contributed by atoms with Crippen molar-refractivity contribution in [2.75, 3.05) is 19.8 Å². The Hall–Kier alpha value is -4.71. The highest BCUT2D eigenvalue weighted by atomic mass is 16.5. The zero-order valence-electron chi connectivity index (χ0n) is 28.0. The highest BCUT2D eigenvalue weighted by Crippen LogP contribution is 2.47. The van der Waals surface area contributed by atoms with Crippen LogP contribution < -0.4 is 4.74 Å². The number of nitrogens with zero attached hydrogens (tertiary/aromatic N) is 1. The third-order valence-corrected chi connectivity index (χ3v) is 9.78. The molecular formula is C41H43NO5. The van der Waals surface area contributed by atoms with Crippen molar-refractivity contribution in [2.45, 2.75) is 71.1 Å². The van der Waals surface area contributed by atoms with Gasteiger partial charge in [-0.15, -0.1) is 0 Å². The highest BCUT2D eigenvalue weighted by Gasteiger charge is 2.37. The van der Waals surface area contributed by atoms with Gasteiger partial charge < -0.3 is 9.47 Å². The highest BCUT2D eigenvalue weighted by molar-refractivity contribution is 6.21. The Labute approximate surface area is 277 Å². The number of unbranched alkanes of at least 4 members (excludes halogenated alkanes) is 1. The second kappa shape index (κ2) is 12.8. The molecule has 1 heterocycles. The van der Waals surface area contributed by atoms with E-state index in [1.54, 1.807) is 43.3 Å². The van der Waals surface area contributed by atoms with Gasteiger partial charge in [0.25, 0.3) is 11.8 Å². The molecule has 0 atom stereocenters. The molecule has 1 aliphatic carbocycles. The van der Waals surface area contributed by atoms with E-state index in [1.807, 2.05) is 24.3 Å². The van der Waals surface area contributed by atoms with Crippen LogP contribution in [0.3, 0.4) is 0 Å². The number of carbonyl (C=O) groups is 3. The second-order valence-corrected chi connectivity index (χ2v) is 13.9. The number of benzene rings is 4. The van der Waals surface area contributed by atoms with Crippen LogP contribution in [0.15, 0.2) is 84.9 Å². The maximum absolute atomic E-state index is 12.8. The van der Waals surface area contributed by atoms with Crippen molar-refractivity contribution < 1.29 is 23.9 Å². The van der Waals surface area contributed by atoms with Gasteiger partial charge in [-0.25, -0.2) is 4.79 Å². The van der Waals surface area contributed by atoms with Crippen LogP contribution in [0, 0.1) is 0 Å². The first-order chi connectivity index (χ1) is 22.5. The van der Waals surface area contributed by atoms with E-state index in [2.05, 4.69) is 52.0 Å². The van der Waals surface area contributed by atoms with Gasteiger partial charge in [-0.1, -0.05) is 76.2 Å². The molecule has 0 radical (unpaired) electrons. The molecule has 4 aromatic carbocycles. The molecule has 6 heteroatoms. The molecule has 2 aliphatic rings. The number of hydrogen-bond donors (Lipinski definition) is 0. The largest absolute Gasteiger partial charge is 0.493 e. The van der Waals surface area contributed by atoms with Crippen molar-refractivity contribution in [1.82, 2.24) is 4.90 Å². The lowest BCUT2D eigenvalue weighted by Gasteiger charge is -2.42. The normalized spacial score (nSPS) is 16.1. The molecule has 0 unspecified atom stereocenters. The number of ether oxygens (including phenoxy) is 2. The van der Waals surface area contributed by atoms with Gasteiger partial charge in [0, 0.05) is 12.1 Å². The Morgan fingerprint density at radius 1 is 0.702 bits per heavy atom. The fraction of sp³-hybridized carbons (Fsp3) is 0.341. The number of rotatable bonds is 10. The first-order valence-corrected chi connectivity index (χ1v) is 16.7. The molecule has 0 aromatic heterocycles. The standard InChI is InChI=1S/C41H43NO5/c1-6-46-39(45)28-15-13-27(14-16-28)29-18-20-36(47-24-10-9-23-42-37(43)31-11-7-8-12-32(31)38(42)44)33(25-29)30-17-19-34-35(26-30)41(4,5)22-21-40(34,2)3/h7-8,11-20,25-26H,6,9-10,21-24H2,1-5H3. The number of carbonyl (C=O) groups excluding carboxylic acids is 3. The zero-order valence-corrected chi connectivity index (χ0v) is 28.0. The van der Waals surface area contributed by atoms with Gasteiger partial charge in [-0.05, 0) is 108 Å². The molecule has 6 nitrogen and oxygen atoms in total. The van der Waals surface area contributed by atoms with Gasteiger partial charge in [0.15, 0.2) is 0 Å². The van der Waals surface area contributed by atoms with E-state index in [0.717, 1.165) is 40.8 Å². The summed E-state index contributed by atoms with van der Waals surface area (Å²) < 4.78 is 11.6. The predicted octanol–water partition coefficient (Wildman–Crippen LogP) is 9.00. The Morgan fingerprint density at radius 3 is 1.98 bits per heavy atom. The summed E-state index contributed by atoms with van der Waals surface area (Å²) in [7, 11) is 0.